The summed E-state index contributed by atoms with van der Waals surface area (Å²) in [5.74, 6) is 2.45. The van der Waals surface area contributed by atoms with Crippen LogP contribution in [0, 0.1) is 0 Å². The van der Waals surface area contributed by atoms with E-state index in [1.807, 2.05) is 24.3 Å². The Labute approximate surface area is 164 Å². The molecule has 0 unspecified atom stereocenters. The smallest absolute Gasteiger partial charge is 0.275 e. The van der Waals surface area contributed by atoms with Crippen molar-refractivity contribution in [3.05, 3.63) is 58.8 Å². The van der Waals surface area contributed by atoms with Gasteiger partial charge < -0.3 is 19.5 Å². The molecule has 0 atom stereocenters. The zero-order chi connectivity index (χ0) is 20.3. The first-order valence-corrected chi connectivity index (χ1v) is 8.99. The van der Waals surface area contributed by atoms with E-state index in [-0.39, 0.29) is 5.91 Å². The summed E-state index contributed by atoms with van der Waals surface area (Å²) < 4.78 is 16.0. The van der Waals surface area contributed by atoms with Gasteiger partial charge in [-0.3, -0.25) is 4.79 Å². The number of amidine groups is 1. The zero-order valence-corrected chi connectivity index (χ0v) is 16.7. The fourth-order valence-corrected chi connectivity index (χ4v) is 2.96. The van der Waals surface area contributed by atoms with Crippen molar-refractivity contribution in [2.45, 2.75) is 19.8 Å². The molecule has 146 valence electrons. The molecule has 0 spiro atoms. The van der Waals surface area contributed by atoms with Crippen molar-refractivity contribution in [2.75, 3.05) is 21.3 Å². The van der Waals surface area contributed by atoms with Crippen molar-refractivity contribution in [3.8, 4) is 17.2 Å². The SMILES string of the molecule is COc1ccc(C(C)C)cc1/C=C1\N=C(c2ccc(OC)c(OC)c2)NC1=O. The van der Waals surface area contributed by atoms with Crippen LogP contribution in [0.25, 0.3) is 6.08 Å². The Morgan fingerprint density at radius 2 is 1.61 bits per heavy atom. The fourth-order valence-electron chi connectivity index (χ4n) is 2.96. The summed E-state index contributed by atoms with van der Waals surface area (Å²) >= 11 is 0. The molecule has 6 nitrogen and oxygen atoms in total. The second-order valence-electron chi connectivity index (χ2n) is 6.67. The molecule has 0 radical (unpaired) electrons. The molecule has 0 aliphatic carbocycles. The van der Waals surface area contributed by atoms with Crippen LogP contribution in [-0.2, 0) is 4.79 Å². The summed E-state index contributed by atoms with van der Waals surface area (Å²) in [6.07, 6.45) is 1.74. The molecular weight excluding hydrogens is 356 g/mol. The molecule has 0 bridgehead atoms. The molecule has 28 heavy (non-hydrogen) atoms. The molecule has 1 aliphatic heterocycles. The van der Waals surface area contributed by atoms with Gasteiger partial charge in [0.15, 0.2) is 11.5 Å². The first-order chi connectivity index (χ1) is 13.5. The van der Waals surface area contributed by atoms with Crippen LogP contribution in [0.1, 0.15) is 36.5 Å². The number of nitrogens with zero attached hydrogens (tertiary/aromatic N) is 1. The van der Waals surface area contributed by atoms with Crippen molar-refractivity contribution >= 4 is 17.8 Å². The van der Waals surface area contributed by atoms with E-state index in [0.29, 0.717) is 34.7 Å². The number of carbonyl (C=O) groups is 1. The molecule has 1 aliphatic rings. The number of ether oxygens (including phenoxy) is 3. The molecule has 1 amide bonds. The monoisotopic (exact) mass is 380 g/mol. The molecule has 0 fully saturated rings. The molecule has 2 aromatic rings. The van der Waals surface area contributed by atoms with E-state index in [1.165, 1.54) is 0 Å². The lowest BCUT2D eigenvalue weighted by molar-refractivity contribution is -0.115. The molecule has 1 heterocycles. The molecule has 2 aromatic carbocycles. The predicted octanol–water partition coefficient (Wildman–Crippen LogP) is 3.75. The number of benzene rings is 2. The largest absolute Gasteiger partial charge is 0.496 e. The first-order valence-electron chi connectivity index (χ1n) is 8.99. The highest BCUT2D eigenvalue weighted by Gasteiger charge is 2.22. The highest BCUT2D eigenvalue weighted by molar-refractivity contribution is 6.20. The van der Waals surface area contributed by atoms with Gasteiger partial charge in [0.1, 0.15) is 17.3 Å². The van der Waals surface area contributed by atoms with Crippen LogP contribution in [0.3, 0.4) is 0 Å². The number of methoxy groups -OCH3 is 3. The Bertz CT molecular complexity index is 961. The minimum atomic E-state index is -0.262. The maximum absolute atomic E-state index is 12.5. The quantitative estimate of drug-likeness (QED) is 0.775. The van der Waals surface area contributed by atoms with Crippen LogP contribution in [0.15, 0.2) is 47.1 Å². The van der Waals surface area contributed by atoms with Crippen LogP contribution in [0.2, 0.25) is 0 Å². The van der Waals surface area contributed by atoms with E-state index in [2.05, 4.69) is 24.2 Å². The highest BCUT2D eigenvalue weighted by atomic mass is 16.5. The molecule has 0 aromatic heterocycles. The van der Waals surface area contributed by atoms with E-state index in [1.54, 1.807) is 39.5 Å². The Kier molecular flexibility index (Phi) is 5.68. The summed E-state index contributed by atoms with van der Waals surface area (Å²) in [4.78, 5) is 16.9. The predicted molar refractivity (Wildman–Crippen MR) is 109 cm³/mol. The van der Waals surface area contributed by atoms with E-state index < -0.39 is 0 Å². The van der Waals surface area contributed by atoms with E-state index in [0.717, 1.165) is 16.7 Å². The average molecular weight is 380 g/mol. The van der Waals surface area contributed by atoms with E-state index >= 15 is 0 Å². The fraction of sp³-hybridized carbons (Fsp3) is 0.273. The normalized spacial score (nSPS) is 14.9. The third kappa shape index (κ3) is 3.86. The number of carbonyl (C=O) groups excluding carboxylic acids is 1. The van der Waals surface area contributed by atoms with Crippen LogP contribution >= 0.6 is 0 Å². The summed E-state index contributed by atoms with van der Waals surface area (Å²) in [5, 5.41) is 2.81. The van der Waals surface area contributed by atoms with Crippen molar-refractivity contribution < 1.29 is 19.0 Å². The minimum Gasteiger partial charge on any atom is -0.496 e. The van der Waals surface area contributed by atoms with Gasteiger partial charge in [0.2, 0.25) is 0 Å². The Hall–Kier alpha value is -3.28. The molecule has 0 saturated heterocycles. The van der Waals surface area contributed by atoms with Crippen molar-refractivity contribution in [1.82, 2.24) is 5.32 Å². The second-order valence-corrected chi connectivity index (χ2v) is 6.67. The Morgan fingerprint density at radius 1 is 0.929 bits per heavy atom. The minimum absolute atomic E-state index is 0.262. The molecular formula is C22H24N2O4. The van der Waals surface area contributed by atoms with Gasteiger partial charge in [-0.2, -0.15) is 0 Å². The maximum atomic E-state index is 12.5. The van der Waals surface area contributed by atoms with Gasteiger partial charge in [-0.05, 0) is 47.9 Å². The Balaban J connectivity index is 1.99. The molecule has 0 saturated carbocycles. The second kappa shape index (κ2) is 8.17. The number of aliphatic imine (C=N–C) groups is 1. The standard InChI is InChI=1S/C22H24N2O4/c1-13(2)14-6-8-18(26-3)16(10-14)11-17-22(25)24-21(23-17)15-7-9-19(27-4)20(12-15)28-5/h6-13H,1-5H3,(H,23,24,25)/b17-11-. The number of nitrogens with one attached hydrogen (secondary N) is 1. The number of rotatable bonds is 6. The Morgan fingerprint density at radius 3 is 2.25 bits per heavy atom. The van der Waals surface area contributed by atoms with Gasteiger partial charge >= 0.3 is 0 Å². The van der Waals surface area contributed by atoms with Gasteiger partial charge in [0.05, 0.1) is 21.3 Å². The van der Waals surface area contributed by atoms with Gasteiger partial charge in [0, 0.05) is 11.1 Å². The van der Waals surface area contributed by atoms with Crippen LogP contribution in [0.4, 0.5) is 0 Å². The summed E-state index contributed by atoms with van der Waals surface area (Å²) in [5.41, 5.74) is 3.03. The number of hydrogen-bond acceptors (Lipinski definition) is 5. The van der Waals surface area contributed by atoms with Gasteiger partial charge in [-0.25, -0.2) is 4.99 Å². The van der Waals surface area contributed by atoms with Crippen molar-refractivity contribution in [3.63, 3.8) is 0 Å². The molecule has 6 heteroatoms. The average Bonchev–Trinajstić information content (AvgIpc) is 3.07. The van der Waals surface area contributed by atoms with E-state index in [9.17, 15) is 4.79 Å². The molecule has 3 rings (SSSR count). The van der Waals surface area contributed by atoms with Gasteiger partial charge in [-0.15, -0.1) is 0 Å². The van der Waals surface area contributed by atoms with Crippen molar-refractivity contribution in [2.24, 2.45) is 4.99 Å². The van der Waals surface area contributed by atoms with Gasteiger partial charge in [-0.1, -0.05) is 19.9 Å². The molecule has 1 N–H and O–H groups in total. The lowest BCUT2D eigenvalue weighted by atomic mass is 10.00. The third-order valence-corrected chi connectivity index (χ3v) is 4.57. The number of amides is 1. The van der Waals surface area contributed by atoms with Crippen molar-refractivity contribution in [1.29, 1.82) is 0 Å². The first kappa shape index (κ1) is 19.5. The lowest BCUT2D eigenvalue weighted by Crippen LogP contribution is -2.24. The number of hydrogen-bond donors (Lipinski definition) is 1. The summed E-state index contributed by atoms with van der Waals surface area (Å²) in [6, 6.07) is 11.3. The topological polar surface area (TPSA) is 69.2 Å². The third-order valence-electron chi connectivity index (χ3n) is 4.57. The van der Waals surface area contributed by atoms with Crippen LogP contribution < -0.4 is 19.5 Å². The van der Waals surface area contributed by atoms with Gasteiger partial charge in [0.25, 0.3) is 5.91 Å². The maximum Gasteiger partial charge on any atom is 0.275 e. The highest BCUT2D eigenvalue weighted by Crippen LogP contribution is 2.30. The van der Waals surface area contributed by atoms with Crippen LogP contribution in [-0.4, -0.2) is 33.1 Å². The summed E-state index contributed by atoms with van der Waals surface area (Å²) in [6.45, 7) is 4.24. The zero-order valence-electron chi connectivity index (χ0n) is 16.7. The summed E-state index contributed by atoms with van der Waals surface area (Å²) in [7, 11) is 4.75. The van der Waals surface area contributed by atoms with E-state index in [4.69, 9.17) is 14.2 Å². The lowest BCUT2D eigenvalue weighted by Gasteiger charge is -2.10. The van der Waals surface area contributed by atoms with Crippen LogP contribution in [0.5, 0.6) is 17.2 Å².